The summed E-state index contributed by atoms with van der Waals surface area (Å²) in [5, 5.41) is 20.1. The third-order valence-electron chi connectivity index (χ3n) is 2.47. The average Bonchev–Trinajstić information content (AvgIpc) is 2.21. The monoisotopic (exact) mass is 263 g/mol. The number of aliphatic hydroxyl groups excluding tert-OH is 1. The van der Waals surface area contributed by atoms with E-state index in [0.717, 1.165) is 0 Å². The second kappa shape index (κ2) is 5.23. The Morgan fingerprint density at radius 2 is 1.81 bits per heavy atom. The minimum Gasteiger partial charge on any atom is -0.506 e. The van der Waals surface area contributed by atoms with E-state index in [-0.39, 0.29) is 16.7 Å². The van der Waals surface area contributed by atoms with Crippen LogP contribution in [-0.4, -0.2) is 16.3 Å². The lowest BCUT2D eigenvalue weighted by Gasteiger charge is -2.23. The van der Waals surface area contributed by atoms with Gasteiger partial charge in [0.1, 0.15) is 5.75 Å². The normalized spacial score (nSPS) is 15.2. The minimum absolute atomic E-state index is 0.0212. The average molecular weight is 264 g/mol. The summed E-state index contributed by atoms with van der Waals surface area (Å²) >= 11 is 11.6. The fourth-order valence-electron chi connectivity index (χ4n) is 1.44. The zero-order valence-electron chi connectivity index (χ0n) is 9.11. The Hall–Kier alpha value is -0.480. The van der Waals surface area contributed by atoms with Crippen LogP contribution >= 0.6 is 23.2 Å². The summed E-state index contributed by atoms with van der Waals surface area (Å²) in [4.78, 5) is 0. The molecule has 0 spiro atoms. The van der Waals surface area contributed by atoms with Crippen LogP contribution in [0.5, 0.6) is 5.75 Å². The number of rotatable bonds is 3. The maximum atomic E-state index is 9.83. The highest BCUT2D eigenvalue weighted by atomic mass is 35.5. The van der Waals surface area contributed by atoms with Crippen LogP contribution in [0.1, 0.15) is 25.5 Å². The lowest BCUT2D eigenvalue weighted by atomic mass is 9.94. The van der Waals surface area contributed by atoms with Gasteiger partial charge in [-0.05, 0) is 18.1 Å². The fourth-order valence-corrected chi connectivity index (χ4v) is 1.95. The summed E-state index contributed by atoms with van der Waals surface area (Å²) in [5.41, 5.74) is 6.21. The summed E-state index contributed by atoms with van der Waals surface area (Å²) in [5.74, 6) is -0.148. The Morgan fingerprint density at radius 3 is 2.31 bits per heavy atom. The van der Waals surface area contributed by atoms with Gasteiger partial charge in [0.05, 0.1) is 17.2 Å². The molecular weight excluding hydrogens is 249 g/mol. The molecule has 0 aliphatic carbocycles. The highest BCUT2D eigenvalue weighted by molar-refractivity contribution is 6.35. The molecule has 0 aromatic heterocycles. The van der Waals surface area contributed by atoms with Crippen molar-refractivity contribution in [2.75, 3.05) is 0 Å². The van der Waals surface area contributed by atoms with Gasteiger partial charge in [0.15, 0.2) is 0 Å². The molecule has 1 rings (SSSR count). The first-order valence-corrected chi connectivity index (χ1v) is 5.71. The molecule has 0 saturated carbocycles. The number of nitrogens with two attached hydrogens (primary N) is 1. The van der Waals surface area contributed by atoms with Crippen molar-refractivity contribution in [3.63, 3.8) is 0 Å². The van der Waals surface area contributed by atoms with Gasteiger partial charge in [-0.2, -0.15) is 0 Å². The fraction of sp³-hybridized carbons (Fsp3) is 0.455. The van der Waals surface area contributed by atoms with Crippen molar-refractivity contribution in [2.24, 2.45) is 11.7 Å². The van der Waals surface area contributed by atoms with Gasteiger partial charge in [-0.25, -0.2) is 0 Å². The van der Waals surface area contributed by atoms with Crippen molar-refractivity contribution < 1.29 is 10.2 Å². The Kier molecular flexibility index (Phi) is 4.44. The molecule has 0 radical (unpaired) electrons. The van der Waals surface area contributed by atoms with Crippen LogP contribution in [0.4, 0.5) is 0 Å². The summed E-state index contributed by atoms with van der Waals surface area (Å²) in [6.07, 6.45) is -0.763. The molecule has 0 amide bonds. The lowest BCUT2D eigenvalue weighted by molar-refractivity contribution is 0.0970. The zero-order chi connectivity index (χ0) is 12.5. The SMILES string of the molecule is CC(C)[C@@H](O)[C@@H](N)c1cc(Cl)cc(Cl)c1O. The molecule has 16 heavy (non-hydrogen) atoms. The number of hydrogen-bond donors (Lipinski definition) is 3. The summed E-state index contributed by atoms with van der Waals surface area (Å²) < 4.78 is 0. The smallest absolute Gasteiger partial charge is 0.139 e. The van der Waals surface area contributed by atoms with E-state index in [1.54, 1.807) is 0 Å². The molecule has 5 heteroatoms. The van der Waals surface area contributed by atoms with E-state index in [0.29, 0.717) is 10.6 Å². The molecule has 0 saturated heterocycles. The molecular formula is C11H15Cl2NO2. The van der Waals surface area contributed by atoms with Crippen LogP contribution in [0.15, 0.2) is 12.1 Å². The molecule has 0 aliphatic rings. The number of halogens is 2. The Balaban J connectivity index is 3.13. The van der Waals surface area contributed by atoms with E-state index in [1.165, 1.54) is 12.1 Å². The lowest BCUT2D eigenvalue weighted by Crippen LogP contribution is -2.30. The zero-order valence-corrected chi connectivity index (χ0v) is 10.6. The first-order valence-electron chi connectivity index (χ1n) is 4.96. The van der Waals surface area contributed by atoms with Crippen LogP contribution in [0.25, 0.3) is 0 Å². The van der Waals surface area contributed by atoms with Crippen molar-refractivity contribution in [3.05, 3.63) is 27.7 Å². The minimum atomic E-state index is -0.763. The molecule has 0 fully saturated rings. The van der Waals surface area contributed by atoms with Gasteiger partial charge in [0, 0.05) is 10.6 Å². The third-order valence-corrected chi connectivity index (χ3v) is 2.97. The maximum Gasteiger partial charge on any atom is 0.139 e. The topological polar surface area (TPSA) is 66.5 Å². The number of phenols is 1. The number of aromatic hydroxyl groups is 1. The standard InChI is InChI=1S/C11H15Cl2NO2/c1-5(2)10(15)9(14)7-3-6(12)4-8(13)11(7)16/h3-5,9-10,15-16H,14H2,1-2H3/t9-,10+/m0/s1. The molecule has 0 bridgehead atoms. The molecule has 2 atom stereocenters. The molecule has 0 aliphatic heterocycles. The number of phenolic OH excluding ortho intramolecular Hbond substituents is 1. The van der Waals surface area contributed by atoms with Crippen LogP contribution in [0.3, 0.4) is 0 Å². The van der Waals surface area contributed by atoms with Crippen molar-refractivity contribution >= 4 is 23.2 Å². The maximum absolute atomic E-state index is 9.83. The van der Waals surface area contributed by atoms with Gasteiger partial charge in [-0.3, -0.25) is 0 Å². The largest absolute Gasteiger partial charge is 0.506 e. The van der Waals surface area contributed by atoms with Crippen LogP contribution in [0, 0.1) is 5.92 Å². The molecule has 1 aromatic carbocycles. The quantitative estimate of drug-likeness (QED) is 0.786. The molecule has 90 valence electrons. The van der Waals surface area contributed by atoms with Gasteiger partial charge >= 0.3 is 0 Å². The summed E-state index contributed by atoms with van der Waals surface area (Å²) in [6.45, 7) is 3.68. The predicted octanol–water partition coefficient (Wildman–Crippen LogP) is 2.72. The Morgan fingerprint density at radius 1 is 1.25 bits per heavy atom. The molecule has 0 heterocycles. The highest BCUT2D eigenvalue weighted by Gasteiger charge is 2.24. The van der Waals surface area contributed by atoms with E-state index in [4.69, 9.17) is 28.9 Å². The summed E-state index contributed by atoms with van der Waals surface area (Å²) in [7, 11) is 0. The third kappa shape index (κ3) is 2.80. The molecule has 3 nitrogen and oxygen atoms in total. The van der Waals surface area contributed by atoms with Gasteiger partial charge in [-0.15, -0.1) is 0 Å². The van der Waals surface area contributed by atoms with E-state index >= 15 is 0 Å². The second-order valence-electron chi connectivity index (χ2n) is 4.09. The van der Waals surface area contributed by atoms with E-state index in [1.807, 2.05) is 13.8 Å². The molecule has 4 N–H and O–H groups in total. The molecule has 1 aromatic rings. The van der Waals surface area contributed by atoms with E-state index in [9.17, 15) is 10.2 Å². The molecule has 0 unspecified atom stereocenters. The Labute approximate surface area is 105 Å². The van der Waals surface area contributed by atoms with Crippen LogP contribution < -0.4 is 5.73 Å². The van der Waals surface area contributed by atoms with E-state index < -0.39 is 12.1 Å². The number of hydrogen-bond acceptors (Lipinski definition) is 3. The highest BCUT2D eigenvalue weighted by Crippen LogP contribution is 2.35. The van der Waals surface area contributed by atoms with Gasteiger partial charge in [0.2, 0.25) is 0 Å². The van der Waals surface area contributed by atoms with E-state index in [2.05, 4.69) is 0 Å². The predicted molar refractivity (Wildman–Crippen MR) is 65.9 cm³/mol. The van der Waals surface area contributed by atoms with Crippen LogP contribution in [0.2, 0.25) is 10.0 Å². The van der Waals surface area contributed by atoms with Crippen molar-refractivity contribution in [1.29, 1.82) is 0 Å². The second-order valence-corrected chi connectivity index (χ2v) is 4.93. The Bertz CT molecular complexity index is 382. The van der Waals surface area contributed by atoms with Gasteiger partial charge in [-0.1, -0.05) is 37.0 Å². The summed E-state index contributed by atoms with van der Waals surface area (Å²) in [6, 6.07) is 2.23. The van der Waals surface area contributed by atoms with Crippen molar-refractivity contribution in [3.8, 4) is 5.75 Å². The van der Waals surface area contributed by atoms with Crippen LogP contribution in [-0.2, 0) is 0 Å². The van der Waals surface area contributed by atoms with Crippen molar-refractivity contribution in [2.45, 2.75) is 26.0 Å². The van der Waals surface area contributed by atoms with Gasteiger partial charge in [0.25, 0.3) is 0 Å². The van der Waals surface area contributed by atoms with Crippen molar-refractivity contribution in [1.82, 2.24) is 0 Å². The van der Waals surface area contributed by atoms with Gasteiger partial charge < -0.3 is 15.9 Å². The first-order chi connectivity index (χ1) is 7.34. The number of aliphatic hydroxyl groups is 1. The number of benzene rings is 1. The first kappa shape index (κ1) is 13.6.